The van der Waals surface area contributed by atoms with Gasteiger partial charge in [-0.15, -0.1) is 0 Å². The number of carbonyl (C=O) groups is 1. The Hall–Kier alpha value is -1.55. The van der Waals surface area contributed by atoms with Crippen LogP contribution in [0.1, 0.15) is 32.8 Å². The van der Waals surface area contributed by atoms with Crippen molar-refractivity contribution < 1.29 is 14.3 Å². The zero-order valence-corrected chi connectivity index (χ0v) is 12.9. The van der Waals surface area contributed by atoms with Crippen molar-refractivity contribution in [3.8, 4) is 5.75 Å². The van der Waals surface area contributed by atoms with Crippen LogP contribution < -0.4 is 10.1 Å². The molecule has 1 aromatic carbocycles. The van der Waals surface area contributed by atoms with Crippen molar-refractivity contribution in [1.82, 2.24) is 5.32 Å². The van der Waals surface area contributed by atoms with Gasteiger partial charge in [0.2, 0.25) is 0 Å². The van der Waals surface area contributed by atoms with Gasteiger partial charge in [-0.05, 0) is 37.6 Å². The van der Waals surface area contributed by atoms with E-state index in [0.717, 1.165) is 18.6 Å². The molecule has 0 spiro atoms. The zero-order valence-electron chi connectivity index (χ0n) is 12.9. The maximum absolute atomic E-state index is 11.8. The highest BCUT2D eigenvalue weighted by Crippen LogP contribution is 2.16. The first kappa shape index (κ1) is 16.5. The number of methoxy groups -OCH3 is 1. The lowest BCUT2D eigenvalue weighted by Gasteiger charge is -2.27. The Morgan fingerprint density at radius 2 is 1.90 bits per heavy atom. The van der Waals surface area contributed by atoms with Crippen LogP contribution in [0.2, 0.25) is 0 Å². The Bertz CT molecular complexity index is 416. The molecule has 1 N–H and O–H groups in total. The molecule has 1 unspecified atom stereocenters. The lowest BCUT2D eigenvalue weighted by atomic mass is 10.0. The normalized spacial score (nSPS) is 13.6. The minimum atomic E-state index is -0.828. The molecule has 0 saturated carbocycles. The number of benzene rings is 1. The summed E-state index contributed by atoms with van der Waals surface area (Å²) >= 11 is 0. The Labute approximate surface area is 121 Å². The molecule has 1 rings (SSSR count). The molecule has 0 aliphatic heterocycles. The number of carbonyl (C=O) groups excluding carboxylic acids is 1. The molecular formula is C16H25NO3. The molecule has 0 fully saturated rings. The van der Waals surface area contributed by atoms with Crippen LogP contribution in [-0.4, -0.2) is 31.8 Å². The summed E-state index contributed by atoms with van der Waals surface area (Å²) in [6.45, 7) is 6.79. The van der Waals surface area contributed by atoms with Gasteiger partial charge in [0.15, 0.2) is 0 Å². The second kappa shape index (κ2) is 7.90. The van der Waals surface area contributed by atoms with Crippen LogP contribution in [-0.2, 0) is 16.0 Å². The van der Waals surface area contributed by atoms with Crippen LogP contribution in [0.3, 0.4) is 0 Å². The zero-order chi connectivity index (χ0) is 15.0. The van der Waals surface area contributed by atoms with Crippen molar-refractivity contribution in [2.75, 3.05) is 20.3 Å². The third-order valence-electron chi connectivity index (χ3n) is 3.19. The molecule has 1 aromatic rings. The van der Waals surface area contributed by atoms with E-state index >= 15 is 0 Å². The second-order valence-electron chi connectivity index (χ2n) is 5.04. The van der Waals surface area contributed by atoms with E-state index in [9.17, 15) is 4.79 Å². The largest absolute Gasteiger partial charge is 0.491 e. The van der Waals surface area contributed by atoms with Gasteiger partial charge in [-0.3, -0.25) is 5.32 Å². The van der Waals surface area contributed by atoms with E-state index in [1.54, 1.807) is 6.92 Å². The Morgan fingerprint density at radius 3 is 2.40 bits per heavy atom. The van der Waals surface area contributed by atoms with Crippen LogP contribution in [0.4, 0.5) is 0 Å². The van der Waals surface area contributed by atoms with Crippen LogP contribution in [0.5, 0.6) is 5.75 Å². The average Bonchev–Trinajstić information content (AvgIpc) is 2.46. The first-order chi connectivity index (χ1) is 9.55. The Morgan fingerprint density at radius 1 is 1.25 bits per heavy atom. The summed E-state index contributed by atoms with van der Waals surface area (Å²) in [5, 5.41) is 3.11. The van der Waals surface area contributed by atoms with E-state index in [4.69, 9.17) is 9.47 Å². The van der Waals surface area contributed by atoms with Crippen molar-refractivity contribution in [3.63, 3.8) is 0 Å². The molecule has 0 saturated heterocycles. The van der Waals surface area contributed by atoms with Gasteiger partial charge in [0.25, 0.3) is 0 Å². The fourth-order valence-electron chi connectivity index (χ4n) is 2.07. The first-order valence-electron chi connectivity index (χ1n) is 7.11. The van der Waals surface area contributed by atoms with Crippen LogP contribution in [0.25, 0.3) is 0 Å². The van der Waals surface area contributed by atoms with Gasteiger partial charge in [0.05, 0.1) is 7.11 Å². The van der Waals surface area contributed by atoms with Crippen molar-refractivity contribution in [2.45, 2.75) is 39.2 Å². The molecule has 0 bridgehead atoms. The van der Waals surface area contributed by atoms with Gasteiger partial charge in [-0.25, -0.2) is 4.79 Å². The SMILES string of the molecule is CCCc1ccc(OCC(C)(NCC)C(=O)OC)cc1. The maximum Gasteiger partial charge on any atom is 0.329 e. The van der Waals surface area contributed by atoms with Gasteiger partial charge in [0.1, 0.15) is 17.9 Å². The molecule has 0 aliphatic rings. The number of nitrogens with one attached hydrogen (secondary N) is 1. The highest BCUT2D eigenvalue weighted by molar-refractivity contribution is 5.80. The van der Waals surface area contributed by atoms with E-state index in [0.29, 0.717) is 6.54 Å². The fraction of sp³-hybridized carbons (Fsp3) is 0.562. The quantitative estimate of drug-likeness (QED) is 0.743. The molecule has 112 valence electrons. The van der Waals surface area contributed by atoms with E-state index < -0.39 is 5.54 Å². The topological polar surface area (TPSA) is 47.6 Å². The molecule has 4 heteroatoms. The molecule has 0 radical (unpaired) electrons. The van der Waals surface area contributed by atoms with E-state index in [1.807, 2.05) is 19.1 Å². The Balaban J connectivity index is 2.65. The molecular weight excluding hydrogens is 254 g/mol. The number of hydrogen-bond acceptors (Lipinski definition) is 4. The van der Waals surface area contributed by atoms with Crippen molar-refractivity contribution >= 4 is 5.97 Å². The summed E-state index contributed by atoms with van der Waals surface area (Å²) in [6, 6.07) is 7.99. The van der Waals surface area contributed by atoms with Crippen molar-refractivity contribution in [1.29, 1.82) is 0 Å². The monoisotopic (exact) mass is 279 g/mol. The summed E-state index contributed by atoms with van der Waals surface area (Å²) in [6.07, 6.45) is 2.19. The predicted octanol–water partition coefficient (Wildman–Crippen LogP) is 2.56. The second-order valence-corrected chi connectivity index (χ2v) is 5.04. The number of ether oxygens (including phenoxy) is 2. The molecule has 0 amide bonds. The molecule has 1 atom stereocenters. The average molecular weight is 279 g/mol. The third-order valence-corrected chi connectivity index (χ3v) is 3.19. The number of esters is 1. The van der Waals surface area contributed by atoms with E-state index in [-0.39, 0.29) is 12.6 Å². The van der Waals surface area contributed by atoms with Crippen molar-refractivity contribution in [3.05, 3.63) is 29.8 Å². The van der Waals surface area contributed by atoms with Gasteiger partial charge in [-0.1, -0.05) is 32.4 Å². The minimum absolute atomic E-state index is 0.237. The Kier molecular flexibility index (Phi) is 6.52. The number of likely N-dealkylation sites (N-methyl/N-ethyl adjacent to an activating group) is 1. The predicted molar refractivity (Wildman–Crippen MR) is 80.0 cm³/mol. The van der Waals surface area contributed by atoms with Gasteiger partial charge < -0.3 is 9.47 Å². The highest BCUT2D eigenvalue weighted by Gasteiger charge is 2.34. The lowest BCUT2D eigenvalue weighted by molar-refractivity contribution is -0.149. The summed E-state index contributed by atoms with van der Waals surface area (Å²) in [7, 11) is 1.39. The smallest absolute Gasteiger partial charge is 0.329 e. The lowest BCUT2D eigenvalue weighted by Crippen LogP contribution is -2.54. The van der Waals surface area contributed by atoms with Gasteiger partial charge >= 0.3 is 5.97 Å². The maximum atomic E-state index is 11.8. The summed E-state index contributed by atoms with van der Waals surface area (Å²) < 4.78 is 10.5. The van der Waals surface area contributed by atoms with Crippen LogP contribution in [0, 0.1) is 0 Å². The fourth-order valence-corrected chi connectivity index (χ4v) is 2.07. The van der Waals surface area contributed by atoms with Gasteiger partial charge in [0, 0.05) is 0 Å². The molecule has 4 nitrogen and oxygen atoms in total. The molecule has 0 heterocycles. The minimum Gasteiger partial charge on any atom is -0.491 e. The number of hydrogen-bond donors (Lipinski definition) is 1. The standard InChI is InChI=1S/C16H25NO3/c1-5-7-13-8-10-14(11-9-13)20-12-16(3,17-6-2)15(18)19-4/h8-11,17H,5-7,12H2,1-4H3. The number of rotatable bonds is 8. The summed E-state index contributed by atoms with van der Waals surface area (Å²) in [5.74, 6) is 0.444. The van der Waals surface area contributed by atoms with Gasteiger partial charge in [-0.2, -0.15) is 0 Å². The van der Waals surface area contributed by atoms with Crippen molar-refractivity contribution in [2.24, 2.45) is 0 Å². The first-order valence-corrected chi connectivity index (χ1v) is 7.11. The molecule has 0 aromatic heterocycles. The summed E-state index contributed by atoms with van der Waals surface area (Å²) in [5.41, 5.74) is 0.466. The van der Waals surface area contributed by atoms with E-state index in [1.165, 1.54) is 12.7 Å². The highest BCUT2D eigenvalue weighted by atomic mass is 16.5. The molecule has 20 heavy (non-hydrogen) atoms. The third kappa shape index (κ3) is 4.53. The van der Waals surface area contributed by atoms with E-state index in [2.05, 4.69) is 24.4 Å². The number of aryl methyl sites for hydroxylation is 1. The summed E-state index contributed by atoms with van der Waals surface area (Å²) in [4.78, 5) is 11.8. The van der Waals surface area contributed by atoms with Crippen LogP contribution in [0.15, 0.2) is 24.3 Å². The van der Waals surface area contributed by atoms with Crippen LogP contribution >= 0.6 is 0 Å². The molecule has 0 aliphatic carbocycles.